The second-order valence-electron chi connectivity index (χ2n) is 4.72. The third-order valence-electron chi connectivity index (χ3n) is 3.17. The fourth-order valence-corrected chi connectivity index (χ4v) is 2.11. The summed E-state index contributed by atoms with van der Waals surface area (Å²) in [6.45, 7) is 3.31. The number of benzene rings is 2. The predicted molar refractivity (Wildman–Crippen MR) is 77.2 cm³/mol. The molecule has 0 aliphatic rings. The summed E-state index contributed by atoms with van der Waals surface area (Å²) in [7, 11) is 0. The highest BCUT2D eigenvalue weighted by Gasteiger charge is 2.21. The van der Waals surface area contributed by atoms with E-state index in [9.17, 15) is 19.1 Å². The van der Waals surface area contributed by atoms with Gasteiger partial charge in [-0.3, -0.25) is 4.79 Å². The number of halogens is 1. The summed E-state index contributed by atoms with van der Waals surface area (Å²) in [6.07, 6.45) is 0. The van der Waals surface area contributed by atoms with E-state index in [1.165, 1.54) is 24.3 Å². The molecule has 1 amide bonds. The summed E-state index contributed by atoms with van der Waals surface area (Å²) in [5.74, 6) is -2.09. The van der Waals surface area contributed by atoms with Gasteiger partial charge < -0.3 is 10.4 Å². The fraction of sp³-hybridized carbons (Fsp3) is 0.125. The molecule has 0 saturated carbocycles. The largest absolute Gasteiger partial charge is 0.478 e. The van der Waals surface area contributed by atoms with Gasteiger partial charge in [0.15, 0.2) is 0 Å². The first-order chi connectivity index (χ1) is 9.90. The molecular weight excluding hydrogens is 273 g/mol. The van der Waals surface area contributed by atoms with Gasteiger partial charge in [0.25, 0.3) is 5.91 Å². The average molecular weight is 287 g/mol. The van der Waals surface area contributed by atoms with Crippen LogP contribution >= 0.6 is 0 Å². The molecule has 0 spiro atoms. The lowest BCUT2D eigenvalue weighted by molar-refractivity contribution is 0.0691. The highest BCUT2D eigenvalue weighted by molar-refractivity contribution is 6.12. The first-order valence-electron chi connectivity index (χ1n) is 6.30. The quantitative estimate of drug-likeness (QED) is 0.909. The lowest BCUT2D eigenvalue weighted by atomic mass is 9.96. The Balaban J connectivity index is 2.41. The van der Waals surface area contributed by atoms with Gasteiger partial charge in [-0.05, 0) is 49.2 Å². The van der Waals surface area contributed by atoms with Crippen molar-refractivity contribution in [3.8, 4) is 0 Å². The number of aromatic carboxylic acids is 1. The van der Waals surface area contributed by atoms with Crippen LogP contribution in [0, 0.1) is 19.7 Å². The Morgan fingerprint density at radius 2 is 1.48 bits per heavy atom. The van der Waals surface area contributed by atoms with Gasteiger partial charge in [0.05, 0.1) is 11.1 Å². The number of hydrogen-bond donors (Lipinski definition) is 2. The van der Waals surface area contributed by atoms with E-state index in [4.69, 9.17) is 0 Å². The van der Waals surface area contributed by atoms with Gasteiger partial charge in [-0.25, -0.2) is 9.18 Å². The van der Waals surface area contributed by atoms with E-state index in [1.54, 1.807) is 26.0 Å². The zero-order chi connectivity index (χ0) is 15.6. The third-order valence-corrected chi connectivity index (χ3v) is 3.17. The van der Waals surface area contributed by atoms with Crippen LogP contribution in [-0.4, -0.2) is 17.0 Å². The number of aryl methyl sites for hydroxylation is 2. The highest BCUT2D eigenvalue weighted by atomic mass is 19.1. The molecule has 2 aromatic rings. The van der Waals surface area contributed by atoms with Crippen molar-refractivity contribution in [1.29, 1.82) is 0 Å². The Morgan fingerprint density at radius 3 is 2.00 bits per heavy atom. The van der Waals surface area contributed by atoms with Crippen LogP contribution in [0.3, 0.4) is 0 Å². The van der Waals surface area contributed by atoms with Crippen LogP contribution in [-0.2, 0) is 0 Å². The smallest absolute Gasteiger partial charge is 0.336 e. The number of carbonyl (C=O) groups excluding carboxylic acids is 1. The van der Waals surface area contributed by atoms with Crippen LogP contribution in [0.15, 0.2) is 36.4 Å². The number of carbonyl (C=O) groups is 2. The summed E-state index contributed by atoms with van der Waals surface area (Å²) in [6, 6.07) is 8.63. The monoisotopic (exact) mass is 287 g/mol. The number of anilines is 1. The maximum Gasteiger partial charge on any atom is 0.336 e. The van der Waals surface area contributed by atoms with Gasteiger partial charge in [-0.1, -0.05) is 12.1 Å². The molecule has 0 unspecified atom stereocenters. The topological polar surface area (TPSA) is 66.4 Å². The molecule has 0 radical (unpaired) electrons. The molecule has 0 fully saturated rings. The van der Waals surface area contributed by atoms with Gasteiger partial charge in [-0.2, -0.15) is 0 Å². The molecule has 0 aliphatic carbocycles. The van der Waals surface area contributed by atoms with Gasteiger partial charge in [0.1, 0.15) is 5.82 Å². The Morgan fingerprint density at radius 1 is 0.952 bits per heavy atom. The number of nitrogens with one attached hydrogen (secondary N) is 1. The lowest BCUT2D eigenvalue weighted by Gasteiger charge is -2.12. The standard InChI is InChI=1S/C16H14FNO3/c1-9-3-4-10(2)14(16(20)21)13(9)15(19)18-12-7-5-11(17)6-8-12/h3-8H,1-2H3,(H,18,19)(H,20,21). The van der Waals surface area contributed by atoms with E-state index >= 15 is 0 Å². The molecule has 0 bridgehead atoms. The summed E-state index contributed by atoms with van der Waals surface area (Å²) < 4.78 is 12.8. The summed E-state index contributed by atoms with van der Waals surface area (Å²) in [5, 5.41) is 11.9. The average Bonchev–Trinajstić information content (AvgIpc) is 2.43. The van der Waals surface area contributed by atoms with Crippen LogP contribution in [0.5, 0.6) is 0 Å². The summed E-state index contributed by atoms with van der Waals surface area (Å²) in [5.41, 5.74) is 1.58. The van der Waals surface area contributed by atoms with Crippen molar-refractivity contribution in [2.24, 2.45) is 0 Å². The zero-order valence-electron chi connectivity index (χ0n) is 11.6. The van der Waals surface area contributed by atoms with E-state index in [0.717, 1.165) is 0 Å². The molecule has 0 aromatic heterocycles. The Bertz CT molecular complexity index is 708. The molecule has 5 heteroatoms. The van der Waals surface area contributed by atoms with E-state index < -0.39 is 17.7 Å². The number of amides is 1. The molecule has 0 heterocycles. The Hall–Kier alpha value is -2.69. The van der Waals surface area contributed by atoms with E-state index in [1.807, 2.05) is 0 Å². The molecule has 0 saturated heterocycles. The fourth-order valence-electron chi connectivity index (χ4n) is 2.11. The number of carboxylic acid groups (broad SMARTS) is 1. The molecule has 2 N–H and O–H groups in total. The molecule has 0 aliphatic heterocycles. The molecular formula is C16H14FNO3. The molecule has 2 rings (SSSR count). The van der Waals surface area contributed by atoms with Crippen molar-refractivity contribution in [1.82, 2.24) is 0 Å². The zero-order valence-corrected chi connectivity index (χ0v) is 11.6. The van der Waals surface area contributed by atoms with Gasteiger partial charge in [0.2, 0.25) is 0 Å². The van der Waals surface area contributed by atoms with Crippen LogP contribution in [0.2, 0.25) is 0 Å². The van der Waals surface area contributed by atoms with Crippen LogP contribution in [0.25, 0.3) is 0 Å². The summed E-state index contributed by atoms with van der Waals surface area (Å²) >= 11 is 0. The van der Waals surface area contributed by atoms with Crippen molar-refractivity contribution in [2.45, 2.75) is 13.8 Å². The van der Waals surface area contributed by atoms with E-state index in [2.05, 4.69) is 5.32 Å². The van der Waals surface area contributed by atoms with Crippen molar-refractivity contribution in [3.63, 3.8) is 0 Å². The Kier molecular flexibility index (Phi) is 4.03. The van der Waals surface area contributed by atoms with Crippen LogP contribution in [0.4, 0.5) is 10.1 Å². The van der Waals surface area contributed by atoms with Crippen molar-refractivity contribution < 1.29 is 19.1 Å². The van der Waals surface area contributed by atoms with E-state index in [-0.39, 0.29) is 11.1 Å². The highest BCUT2D eigenvalue weighted by Crippen LogP contribution is 2.20. The minimum atomic E-state index is -1.15. The number of hydrogen-bond acceptors (Lipinski definition) is 2. The minimum absolute atomic E-state index is 0.0189. The van der Waals surface area contributed by atoms with Gasteiger partial charge >= 0.3 is 5.97 Å². The second kappa shape index (κ2) is 5.75. The SMILES string of the molecule is Cc1ccc(C)c(C(=O)Nc2ccc(F)cc2)c1C(=O)O. The number of rotatable bonds is 3. The third kappa shape index (κ3) is 3.08. The second-order valence-corrected chi connectivity index (χ2v) is 4.72. The maximum atomic E-state index is 12.8. The van der Waals surface area contributed by atoms with E-state index in [0.29, 0.717) is 16.8 Å². The van der Waals surface area contributed by atoms with Gasteiger partial charge in [-0.15, -0.1) is 0 Å². The Labute approximate surface area is 121 Å². The molecule has 2 aromatic carbocycles. The van der Waals surface area contributed by atoms with Crippen molar-refractivity contribution in [2.75, 3.05) is 5.32 Å². The minimum Gasteiger partial charge on any atom is -0.478 e. The maximum absolute atomic E-state index is 12.8. The van der Waals surface area contributed by atoms with Crippen molar-refractivity contribution in [3.05, 3.63) is 64.5 Å². The first kappa shape index (κ1) is 14.7. The molecule has 4 nitrogen and oxygen atoms in total. The molecule has 0 atom stereocenters. The number of carboxylic acids is 1. The van der Waals surface area contributed by atoms with Gasteiger partial charge in [0, 0.05) is 5.69 Å². The lowest BCUT2D eigenvalue weighted by Crippen LogP contribution is -2.19. The predicted octanol–water partition coefficient (Wildman–Crippen LogP) is 3.39. The normalized spacial score (nSPS) is 10.2. The molecule has 108 valence electrons. The molecule has 21 heavy (non-hydrogen) atoms. The van der Waals surface area contributed by atoms with Crippen molar-refractivity contribution >= 4 is 17.6 Å². The summed E-state index contributed by atoms with van der Waals surface area (Å²) in [4.78, 5) is 23.7. The van der Waals surface area contributed by atoms with Crippen LogP contribution < -0.4 is 5.32 Å². The van der Waals surface area contributed by atoms with Crippen LogP contribution in [0.1, 0.15) is 31.8 Å². The first-order valence-corrected chi connectivity index (χ1v) is 6.30.